The van der Waals surface area contributed by atoms with E-state index >= 15 is 0 Å². The monoisotopic (exact) mass is 516 g/mol. The Morgan fingerprint density at radius 2 is 0.875 bits per heavy atom. The van der Waals surface area contributed by atoms with E-state index in [2.05, 4.69) is 149 Å². The molecule has 0 nitrogen and oxygen atoms in total. The molecule has 0 N–H and O–H groups in total. The Morgan fingerprint density at radius 1 is 0.400 bits per heavy atom. The first kappa shape index (κ1) is 24.9. The molecule has 1 aliphatic rings. The highest BCUT2D eigenvalue weighted by atomic mass is 14.4. The number of fused-ring (bicyclic) bond motifs is 3. The normalized spacial score (nSPS) is 15.7. The lowest BCUT2D eigenvalue weighted by Crippen LogP contribution is -2.33. The van der Waals surface area contributed by atoms with Crippen LogP contribution >= 0.6 is 0 Å². The Kier molecular flexibility index (Phi) is 5.72. The maximum atomic E-state index is 2.50. The molecule has 0 saturated heterocycles. The minimum absolute atomic E-state index is 0.173. The third-order valence-electron chi connectivity index (χ3n) is 9.35. The molecule has 7 rings (SSSR count). The van der Waals surface area contributed by atoms with Gasteiger partial charge >= 0.3 is 0 Å². The van der Waals surface area contributed by atoms with Crippen LogP contribution in [0.15, 0.2) is 121 Å². The van der Waals surface area contributed by atoms with Crippen LogP contribution in [-0.2, 0) is 10.8 Å². The second kappa shape index (κ2) is 9.20. The third-order valence-corrected chi connectivity index (χ3v) is 9.35. The van der Waals surface area contributed by atoms with Gasteiger partial charge in [0.2, 0.25) is 0 Å². The molecule has 0 heteroatoms. The van der Waals surface area contributed by atoms with Gasteiger partial charge in [0.1, 0.15) is 0 Å². The smallest absolute Gasteiger partial charge is 0.00201 e. The highest BCUT2D eigenvalue weighted by Crippen LogP contribution is 2.49. The number of rotatable bonds is 3. The van der Waals surface area contributed by atoms with Crippen molar-refractivity contribution < 1.29 is 0 Å². The van der Waals surface area contributed by atoms with Crippen LogP contribution in [0.4, 0.5) is 0 Å². The quantitative estimate of drug-likeness (QED) is 0.205. The van der Waals surface area contributed by atoms with E-state index in [0.717, 1.165) is 0 Å². The van der Waals surface area contributed by atoms with E-state index in [1.54, 1.807) is 0 Å². The van der Waals surface area contributed by atoms with E-state index < -0.39 is 0 Å². The number of hydrogen-bond donors (Lipinski definition) is 0. The van der Waals surface area contributed by atoms with Gasteiger partial charge in [-0.2, -0.15) is 0 Å². The summed E-state index contributed by atoms with van der Waals surface area (Å²) in [5.41, 5.74) is 11.2. The lowest BCUT2D eigenvalue weighted by atomic mass is 9.63. The van der Waals surface area contributed by atoms with Crippen LogP contribution in [-0.4, -0.2) is 0 Å². The first-order valence-electron chi connectivity index (χ1n) is 14.6. The Bertz CT molecular complexity index is 1830. The van der Waals surface area contributed by atoms with Crippen LogP contribution in [0, 0.1) is 0 Å². The second-order valence-electron chi connectivity index (χ2n) is 12.8. The molecule has 0 aliphatic heterocycles. The molecule has 6 aromatic rings. The van der Waals surface area contributed by atoms with E-state index in [9.17, 15) is 0 Å². The molecule has 0 unspecified atom stereocenters. The summed E-state index contributed by atoms with van der Waals surface area (Å²) in [7, 11) is 0. The van der Waals surface area contributed by atoms with E-state index in [4.69, 9.17) is 0 Å². The van der Waals surface area contributed by atoms with Crippen molar-refractivity contribution in [3.8, 4) is 33.4 Å². The Morgan fingerprint density at radius 3 is 1.48 bits per heavy atom. The molecule has 0 radical (unpaired) electrons. The SMILES string of the molecule is CC1(C)CCC(C)(C)c2cc(-c3ccccc3-c3c4ccccc4c(-c4ccccc4)c4ccccc34)ccc21. The van der Waals surface area contributed by atoms with Gasteiger partial charge in [-0.1, -0.05) is 149 Å². The molecule has 40 heavy (non-hydrogen) atoms. The van der Waals surface area contributed by atoms with Gasteiger partial charge in [0.15, 0.2) is 0 Å². The fourth-order valence-corrected chi connectivity index (χ4v) is 7.04. The van der Waals surface area contributed by atoms with E-state index in [0.29, 0.717) is 0 Å². The Labute approximate surface area is 238 Å². The van der Waals surface area contributed by atoms with Crippen molar-refractivity contribution in [2.75, 3.05) is 0 Å². The lowest BCUT2D eigenvalue weighted by molar-refractivity contribution is 0.332. The molecule has 196 valence electrons. The van der Waals surface area contributed by atoms with Crippen LogP contribution in [0.25, 0.3) is 54.9 Å². The topological polar surface area (TPSA) is 0 Å². The van der Waals surface area contributed by atoms with E-state index in [1.165, 1.54) is 78.9 Å². The maximum Gasteiger partial charge on any atom is -0.00201 e. The minimum Gasteiger partial charge on any atom is -0.0622 e. The van der Waals surface area contributed by atoms with Gasteiger partial charge in [-0.15, -0.1) is 0 Å². The summed E-state index contributed by atoms with van der Waals surface area (Å²) in [5.74, 6) is 0. The van der Waals surface area contributed by atoms with Gasteiger partial charge < -0.3 is 0 Å². The molecule has 0 heterocycles. The molecule has 0 bridgehead atoms. The summed E-state index contributed by atoms with van der Waals surface area (Å²) < 4.78 is 0. The maximum absolute atomic E-state index is 2.50. The number of benzene rings is 6. The van der Waals surface area contributed by atoms with E-state index in [-0.39, 0.29) is 10.8 Å². The van der Waals surface area contributed by atoms with Gasteiger partial charge in [-0.25, -0.2) is 0 Å². The highest BCUT2D eigenvalue weighted by Gasteiger charge is 2.37. The molecule has 0 saturated carbocycles. The summed E-state index contributed by atoms with van der Waals surface area (Å²) in [6.07, 6.45) is 2.45. The second-order valence-corrected chi connectivity index (χ2v) is 12.8. The fourth-order valence-electron chi connectivity index (χ4n) is 7.04. The van der Waals surface area contributed by atoms with Crippen LogP contribution in [0.1, 0.15) is 51.7 Å². The predicted octanol–water partition coefficient (Wildman–Crippen LogP) is 11.3. The van der Waals surface area contributed by atoms with Crippen molar-refractivity contribution >= 4 is 21.5 Å². The van der Waals surface area contributed by atoms with Crippen molar-refractivity contribution in [2.45, 2.75) is 51.4 Å². The highest BCUT2D eigenvalue weighted by molar-refractivity contribution is 6.22. The summed E-state index contributed by atoms with van der Waals surface area (Å²) in [4.78, 5) is 0. The molecule has 0 amide bonds. The fraction of sp³-hybridized carbons (Fsp3) is 0.200. The van der Waals surface area contributed by atoms with Crippen LogP contribution in [0.3, 0.4) is 0 Å². The van der Waals surface area contributed by atoms with Gasteiger partial charge in [0, 0.05) is 0 Å². The zero-order valence-electron chi connectivity index (χ0n) is 24.0. The van der Waals surface area contributed by atoms with Crippen LogP contribution < -0.4 is 0 Å². The first-order valence-corrected chi connectivity index (χ1v) is 14.6. The molecule has 0 aromatic heterocycles. The van der Waals surface area contributed by atoms with Gasteiger partial charge in [0.05, 0.1) is 0 Å². The average molecular weight is 517 g/mol. The summed E-state index contributed by atoms with van der Waals surface area (Å²) >= 11 is 0. The molecule has 0 fully saturated rings. The molecule has 0 atom stereocenters. The molecule has 0 spiro atoms. The van der Waals surface area contributed by atoms with Gasteiger partial charge in [-0.3, -0.25) is 0 Å². The number of hydrogen-bond acceptors (Lipinski definition) is 0. The van der Waals surface area contributed by atoms with Gasteiger partial charge in [0.25, 0.3) is 0 Å². The van der Waals surface area contributed by atoms with Crippen molar-refractivity contribution in [3.05, 3.63) is 132 Å². The van der Waals surface area contributed by atoms with E-state index in [1.807, 2.05) is 0 Å². The van der Waals surface area contributed by atoms with Crippen LogP contribution in [0.5, 0.6) is 0 Å². The van der Waals surface area contributed by atoms with Crippen LogP contribution in [0.2, 0.25) is 0 Å². The molecular formula is C40H36. The standard InChI is InChI=1S/C40H36/c1-39(2)24-25-40(3,4)36-26-28(22-23-35(36)39)29-16-8-9-17-30(29)38-33-20-12-10-18-31(33)37(27-14-6-5-7-15-27)32-19-11-13-21-34(32)38/h5-23,26H,24-25H2,1-4H3. The Hall–Kier alpha value is -4.16. The predicted molar refractivity (Wildman–Crippen MR) is 173 cm³/mol. The minimum atomic E-state index is 0.173. The lowest BCUT2D eigenvalue weighted by Gasteiger charge is -2.42. The average Bonchev–Trinajstić information content (AvgIpc) is 2.98. The molecular weight excluding hydrogens is 480 g/mol. The third kappa shape index (κ3) is 3.89. The summed E-state index contributed by atoms with van der Waals surface area (Å²) in [6.45, 7) is 9.64. The first-order chi connectivity index (χ1) is 19.4. The molecule has 1 aliphatic carbocycles. The zero-order valence-corrected chi connectivity index (χ0v) is 24.0. The molecule has 6 aromatic carbocycles. The summed E-state index contributed by atoms with van der Waals surface area (Å²) in [5, 5.41) is 5.19. The Balaban J connectivity index is 1.54. The van der Waals surface area contributed by atoms with Crippen molar-refractivity contribution in [1.82, 2.24) is 0 Å². The van der Waals surface area contributed by atoms with Crippen molar-refractivity contribution in [1.29, 1.82) is 0 Å². The van der Waals surface area contributed by atoms with Crippen molar-refractivity contribution in [3.63, 3.8) is 0 Å². The largest absolute Gasteiger partial charge is 0.0622 e. The summed E-state index contributed by atoms with van der Waals surface area (Å²) in [6, 6.07) is 45.0. The van der Waals surface area contributed by atoms with Crippen molar-refractivity contribution in [2.24, 2.45) is 0 Å². The zero-order chi connectivity index (χ0) is 27.5. The van der Waals surface area contributed by atoms with Gasteiger partial charge in [-0.05, 0) is 89.7 Å².